The van der Waals surface area contributed by atoms with Crippen LogP contribution in [0.25, 0.3) is 0 Å². The molecule has 0 radical (unpaired) electrons. The SMILES string of the molecule is CCc1ccsc1C(=O)N1CCC(OCCCl)CC1. The number of piperidine rings is 1. The van der Waals surface area contributed by atoms with Crippen LogP contribution in [-0.4, -0.2) is 42.5 Å². The molecular weight excluding hydrogens is 282 g/mol. The summed E-state index contributed by atoms with van der Waals surface area (Å²) in [5.74, 6) is 0.719. The summed E-state index contributed by atoms with van der Waals surface area (Å²) in [4.78, 5) is 15.3. The van der Waals surface area contributed by atoms with Crippen molar-refractivity contribution in [2.24, 2.45) is 0 Å². The lowest BCUT2D eigenvalue weighted by molar-refractivity contribution is 0.0155. The van der Waals surface area contributed by atoms with Crippen molar-refractivity contribution in [1.29, 1.82) is 0 Å². The maximum Gasteiger partial charge on any atom is 0.264 e. The molecule has 0 bridgehead atoms. The number of hydrogen-bond acceptors (Lipinski definition) is 3. The van der Waals surface area contributed by atoms with Crippen molar-refractivity contribution >= 4 is 28.8 Å². The van der Waals surface area contributed by atoms with Crippen LogP contribution in [0.2, 0.25) is 0 Å². The number of halogens is 1. The van der Waals surface area contributed by atoms with E-state index in [-0.39, 0.29) is 12.0 Å². The summed E-state index contributed by atoms with van der Waals surface area (Å²) >= 11 is 7.16. The molecule has 19 heavy (non-hydrogen) atoms. The molecule has 0 aliphatic carbocycles. The summed E-state index contributed by atoms with van der Waals surface area (Å²) in [6.07, 6.45) is 3.00. The first-order valence-corrected chi connectivity index (χ1v) is 8.20. The second kappa shape index (κ2) is 7.27. The van der Waals surface area contributed by atoms with Gasteiger partial charge in [0.1, 0.15) is 0 Å². The number of likely N-dealkylation sites (tertiary alicyclic amines) is 1. The van der Waals surface area contributed by atoms with Gasteiger partial charge in [0.2, 0.25) is 0 Å². The molecule has 1 fully saturated rings. The van der Waals surface area contributed by atoms with Crippen molar-refractivity contribution in [2.45, 2.75) is 32.3 Å². The number of nitrogens with zero attached hydrogens (tertiary/aromatic N) is 1. The summed E-state index contributed by atoms with van der Waals surface area (Å²) in [5, 5.41) is 2.00. The number of hydrogen-bond donors (Lipinski definition) is 0. The number of carbonyl (C=O) groups is 1. The van der Waals surface area contributed by atoms with E-state index in [9.17, 15) is 4.79 Å². The lowest BCUT2D eigenvalue weighted by Gasteiger charge is -2.31. The highest BCUT2D eigenvalue weighted by Gasteiger charge is 2.25. The van der Waals surface area contributed by atoms with Crippen molar-refractivity contribution in [2.75, 3.05) is 25.6 Å². The van der Waals surface area contributed by atoms with Crippen LogP contribution in [0.5, 0.6) is 0 Å². The summed E-state index contributed by atoms with van der Waals surface area (Å²) < 4.78 is 5.63. The van der Waals surface area contributed by atoms with Crippen LogP contribution in [0.3, 0.4) is 0 Å². The summed E-state index contributed by atoms with van der Waals surface area (Å²) in [6, 6.07) is 2.05. The van der Waals surface area contributed by atoms with Crippen LogP contribution < -0.4 is 0 Å². The zero-order valence-corrected chi connectivity index (χ0v) is 12.8. The fourth-order valence-corrected chi connectivity index (χ4v) is 3.43. The molecule has 0 saturated carbocycles. The number of carbonyl (C=O) groups excluding carboxylic acids is 1. The average Bonchev–Trinajstić information content (AvgIpc) is 2.93. The van der Waals surface area contributed by atoms with Gasteiger partial charge in [-0.1, -0.05) is 6.92 Å². The fraction of sp³-hybridized carbons (Fsp3) is 0.643. The fourth-order valence-electron chi connectivity index (χ4n) is 2.38. The Bertz CT molecular complexity index is 413. The average molecular weight is 302 g/mol. The number of aryl methyl sites for hydroxylation is 1. The standard InChI is InChI=1S/C14H20ClNO2S/c1-2-11-5-10-19-13(11)14(17)16-7-3-12(4-8-16)18-9-6-15/h5,10,12H,2-4,6-9H2,1H3. The Labute approximate surface area is 123 Å². The molecule has 1 saturated heterocycles. The second-order valence-corrected chi connectivity index (χ2v) is 5.97. The van der Waals surface area contributed by atoms with E-state index in [0.29, 0.717) is 12.5 Å². The number of amides is 1. The van der Waals surface area contributed by atoms with Gasteiger partial charge in [0.25, 0.3) is 5.91 Å². The van der Waals surface area contributed by atoms with Crippen molar-refractivity contribution < 1.29 is 9.53 Å². The molecule has 0 atom stereocenters. The first-order chi connectivity index (χ1) is 9.26. The molecule has 3 nitrogen and oxygen atoms in total. The van der Waals surface area contributed by atoms with E-state index in [4.69, 9.17) is 16.3 Å². The highest BCUT2D eigenvalue weighted by molar-refractivity contribution is 7.12. The molecule has 1 aliphatic heterocycles. The van der Waals surface area contributed by atoms with Gasteiger partial charge in [-0.05, 0) is 36.3 Å². The van der Waals surface area contributed by atoms with Crippen molar-refractivity contribution in [3.05, 3.63) is 21.9 Å². The lowest BCUT2D eigenvalue weighted by atomic mass is 10.1. The lowest BCUT2D eigenvalue weighted by Crippen LogP contribution is -2.41. The molecule has 1 amide bonds. The third-order valence-electron chi connectivity index (χ3n) is 3.48. The van der Waals surface area contributed by atoms with Gasteiger partial charge in [-0.15, -0.1) is 22.9 Å². The van der Waals surface area contributed by atoms with Crippen molar-refractivity contribution in [3.8, 4) is 0 Å². The molecule has 0 aromatic carbocycles. The molecule has 0 N–H and O–H groups in total. The number of rotatable bonds is 5. The molecule has 0 unspecified atom stereocenters. The van der Waals surface area contributed by atoms with Crippen LogP contribution in [0.1, 0.15) is 35.0 Å². The van der Waals surface area contributed by atoms with E-state index in [1.807, 2.05) is 16.3 Å². The van der Waals surface area contributed by atoms with Gasteiger partial charge in [0.05, 0.1) is 17.6 Å². The maximum absolute atomic E-state index is 12.4. The molecule has 2 heterocycles. The number of ether oxygens (including phenoxy) is 1. The Hall–Kier alpha value is -0.580. The van der Waals surface area contributed by atoms with Crippen LogP contribution in [0.15, 0.2) is 11.4 Å². The molecule has 2 rings (SSSR count). The molecule has 1 aromatic rings. The minimum Gasteiger partial charge on any atom is -0.377 e. The summed E-state index contributed by atoms with van der Waals surface area (Å²) in [5.41, 5.74) is 1.16. The van der Waals surface area contributed by atoms with Crippen LogP contribution in [-0.2, 0) is 11.2 Å². The highest BCUT2D eigenvalue weighted by atomic mass is 35.5. The van der Waals surface area contributed by atoms with E-state index in [0.717, 1.165) is 42.8 Å². The van der Waals surface area contributed by atoms with Gasteiger partial charge < -0.3 is 9.64 Å². The monoisotopic (exact) mass is 301 g/mol. The van der Waals surface area contributed by atoms with Crippen molar-refractivity contribution in [3.63, 3.8) is 0 Å². The van der Waals surface area contributed by atoms with Crippen molar-refractivity contribution in [1.82, 2.24) is 4.90 Å². The first-order valence-electron chi connectivity index (χ1n) is 6.79. The normalized spacial score (nSPS) is 16.8. The Morgan fingerprint density at radius 3 is 2.89 bits per heavy atom. The van der Waals surface area contributed by atoms with E-state index in [2.05, 4.69) is 6.92 Å². The van der Waals surface area contributed by atoms with Gasteiger partial charge in [0, 0.05) is 19.0 Å². The quantitative estimate of drug-likeness (QED) is 0.782. The van der Waals surface area contributed by atoms with Gasteiger partial charge in [-0.3, -0.25) is 4.79 Å². The zero-order valence-electron chi connectivity index (χ0n) is 11.2. The molecule has 1 aliphatic rings. The van der Waals surface area contributed by atoms with Crippen LogP contribution in [0.4, 0.5) is 0 Å². The topological polar surface area (TPSA) is 29.5 Å². The summed E-state index contributed by atoms with van der Waals surface area (Å²) in [6.45, 7) is 4.26. The minimum absolute atomic E-state index is 0.183. The number of alkyl halides is 1. The molecule has 0 spiro atoms. The highest BCUT2D eigenvalue weighted by Crippen LogP contribution is 2.22. The largest absolute Gasteiger partial charge is 0.377 e. The third-order valence-corrected chi connectivity index (χ3v) is 4.58. The molecular formula is C14H20ClNO2S. The van der Waals surface area contributed by atoms with Gasteiger partial charge in [-0.25, -0.2) is 0 Å². The van der Waals surface area contributed by atoms with Crippen LogP contribution in [0, 0.1) is 0 Å². The molecule has 106 valence electrons. The Morgan fingerprint density at radius 1 is 1.53 bits per heavy atom. The molecule has 5 heteroatoms. The van der Waals surface area contributed by atoms with E-state index >= 15 is 0 Å². The maximum atomic E-state index is 12.4. The Morgan fingerprint density at radius 2 is 2.26 bits per heavy atom. The van der Waals surface area contributed by atoms with E-state index < -0.39 is 0 Å². The first kappa shape index (κ1) is 14.8. The number of thiophene rings is 1. The minimum atomic E-state index is 0.183. The summed E-state index contributed by atoms with van der Waals surface area (Å²) in [7, 11) is 0. The second-order valence-electron chi connectivity index (χ2n) is 4.68. The Kier molecular flexibility index (Phi) is 5.67. The third kappa shape index (κ3) is 3.71. The zero-order chi connectivity index (χ0) is 13.7. The predicted octanol–water partition coefficient (Wildman–Crippen LogP) is 3.17. The van der Waals surface area contributed by atoms with Gasteiger partial charge in [0.15, 0.2) is 0 Å². The van der Waals surface area contributed by atoms with Gasteiger partial charge in [-0.2, -0.15) is 0 Å². The Balaban J connectivity index is 1.89. The predicted molar refractivity (Wildman–Crippen MR) is 79.3 cm³/mol. The molecule has 1 aromatic heterocycles. The smallest absolute Gasteiger partial charge is 0.264 e. The van der Waals surface area contributed by atoms with Gasteiger partial charge >= 0.3 is 0 Å². The van der Waals surface area contributed by atoms with E-state index in [1.54, 1.807) is 11.3 Å². The van der Waals surface area contributed by atoms with Crippen LogP contribution >= 0.6 is 22.9 Å². The van der Waals surface area contributed by atoms with E-state index in [1.165, 1.54) is 0 Å².